The second-order valence-electron chi connectivity index (χ2n) is 9.08. The number of aromatic carboxylic acids is 1. The summed E-state index contributed by atoms with van der Waals surface area (Å²) in [5.74, 6) is -2.03. The topological polar surface area (TPSA) is 145 Å². The van der Waals surface area contributed by atoms with Gasteiger partial charge in [-0.05, 0) is 47.6 Å². The van der Waals surface area contributed by atoms with Gasteiger partial charge in [-0.2, -0.15) is 0 Å². The van der Waals surface area contributed by atoms with Crippen molar-refractivity contribution < 1.29 is 33.4 Å². The van der Waals surface area contributed by atoms with Crippen LogP contribution >= 0.6 is 0 Å². The maximum absolute atomic E-state index is 12.9. The molecule has 0 radical (unpaired) electrons. The zero-order valence-electron chi connectivity index (χ0n) is 19.1. The van der Waals surface area contributed by atoms with Gasteiger partial charge >= 0.3 is 18.2 Å². The lowest BCUT2D eigenvalue weighted by molar-refractivity contribution is 0.0422. The van der Waals surface area contributed by atoms with E-state index in [9.17, 15) is 19.5 Å². The molecule has 1 N–H and O–H groups in total. The van der Waals surface area contributed by atoms with Crippen molar-refractivity contribution in [2.75, 3.05) is 4.90 Å². The average molecular weight is 456 g/mol. The number of amides is 2. The first-order valence-corrected chi connectivity index (χ1v) is 9.94. The Labute approximate surface area is 189 Å². The van der Waals surface area contributed by atoms with Gasteiger partial charge in [0.05, 0.1) is 0 Å². The SMILES string of the molecule is CC(C)(C)OC(=O)N(C(=O)OC(C)(C)C)c1oc2cc(-c3cncnc3)cnc2c1C(=O)O. The van der Waals surface area contributed by atoms with Crippen molar-refractivity contribution in [1.29, 1.82) is 0 Å². The second kappa shape index (κ2) is 8.49. The molecule has 2 amide bonds. The van der Waals surface area contributed by atoms with Gasteiger partial charge in [0.15, 0.2) is 11.1 Å². The Balaban J connectivity index is 2.19. The number of hydrogen-bond acceptors (Lipinski definition) is 9. The Morgan fingerprint density at radius 1 is 0.909 bits per heavy atom. The van der Waals surface area contributed by atoms with E-state index in [2.05, 4.69) is 15.0 Å². The Kier molecular flexibility index (Phi) is 6.08. The van der Waals surface area contributed by atoms with E-state index in [-0.39, 0.29) is 11.1 Å². The molecule has 0 atom stereocenters. The molecule has 0 saturated heterocycles. The molecule has 0 aliphatic heterocycles. The molecule has 3 heterocycles. The van der Waals surface area contributed by atoms with Gasteiger partial charge in [0.1, 0.15) is 23.0 Å². The van der Waals surface area contributed by atoms with Crippen molar-refractivity contribution in [1.82, 2.24) is 15.0 Å². The number of pyridine rings is 1. The fraction of sp³-hybridized carbons (Fsp3) is 0.364. The lowest BCUT2D eigenvalue weighted by Gasteiger charge is -2.27. The number of hydrogen-bond donors (Lipinski definition) is 1. The molecule has 0 spiro atoms. The standard InChI is InChI=1S/C22H24N4O7/c1-21(2,3)32-19(29)26(20(30)33-22(4,5)6)17-15(18(27)28)16-14(31-17)7-12(10-25-16)13-8-23-11-24-9-13/h7-11H,1-6H3,(H,27,28). The van der Waals surface area contributed by atoms with Gasteiger partial charge in [-0.3, -0.25) is 4.98 Å². The number of ether oxygens (including phenoxy) is 2. The molecule has 11 nitrogen and oxygen atoms in total. The summed E-state index contributed by atoms with van der Waals surface area (Å²) in [7, 11) is 0. The van der Waals surface area contributed by atoms with E-state index < -0.39 is 40.8 Å². The van der Waals surface area contributed by atoms with Crippen molar-refractivity contribution in [2.45, 2.75) is 52.7 Å². The molecule has 0 aromatic carbocycles. The van der Waals surface area contributed by atoms with E-state index in [0.29, 0.717) is 16.0 Å². The molecule has 33 heavy (non-hydrogen) atoms. The average Bonchev–Trinajstić information content (AvgIpc) is 3.04. The van der Waals surface area contributed by atoms with Gasteiger partial charge in [0, 0.05) is 29.7 Å². The van der Waals surface area contributed by atoms with E-state index in [0.717, 1.165) is 0 Å². The van der Waals surface area contributed by atoms with Gasteiger partial charge in [-0.1, -0.05) is 0 Å². The lowest BCUT2D eigenvalue weighted by atomic mass is 10.1. The highest BCUT2D eigenvalue weighted by Gasteiger charge is 2.39. The highest BCUT2D eigenvalue weighted by molar-refractivity contribution is 6.15. The number of imide groups is 1. The summed E-state index contributed by atoms with van der Waals surface area (Å²) in [6.45, 7) is 9.61. The molecule has 3 aromatic heterocycles. The van der Waals surface area contributed by atoms with Gasteiger partial charge in [-0.25, -0.2) is 24.4 Å². The highest BCUT2D eigenvalue weighted by Crippen LogP contribution is 2.35. The fourth-order valence-electron chi connectivity index (χ4n) is 2.78. The quantitative estimate of drug-likeness (QED) is 0.590. The van der Waals surface area contributed by atoms with E-state index >= 15 is 0 Å². The van der Waals surface area contributed by atoms with E-state index in [1.807, 2.05) is 0 Å². The summed E-state index contributed by atoms with van der Waals surface area (Å²) in [4.78, 5) is 50.5. The Hall–Kier alpha value is -4.02. The number of nitrogens with zero attached hydrogens (tertiary/aromatic N) is 4. The summed E-state index contributed by atoms with van der Waals surface area (Å²) in [6, 6.07) is 1.51. The normalized spacial score (nSPS) is 11.8. The Morgan fingerprint density at radius 2 is 1.45 bits per heavy atom. The van der Waals surface area contributed by atoms with Crippen LogP contribution in [-0.4, -0.2) is 49.4 Å². The first-order chi connectivity index (χ1) is 15.3. The van der Waals surface area contributed by atoms with Crippen molar-refractivity contribution in [3.05, 3.63) is 36.5 Å². The molecule has 3 rings (SSSR count). The maximum atomic E-state index is 12.9. The number of aromatic nitrogens is 3. The minimum absolute atomic E-state index is 0.0286. The maximum Gasteiger partial charge on any atom is 0.427 e. The van der Waals surface area contributed by atoms with Crippen LogP contribution in [0.15, 0.2) is 35.4 Å². The van der Waals surface area contributed by atoms with Gasteiger partial charge in [0.25, 0.3) is 0 Å². The van der Waals surface area contributed by atoms with Gasteiger partial charge < -0.3 is 19.0 Å². The molecule has 174 valence electrons. The van der Waals surface area contributed by atoms with Crippen LogP contribution in [0, 0.1) is 0 Å². The zero-order chi connectivity index (χ0) is 24.6. The summed E-state index contributed by atoms with van der Waals surface area (Å²) >= 11 is 0. The van der Waals surface area contributed by atoms with Crippen molar-refractivity contribution in [2.24, 2.45) is 0 Å². The number of carboxylic acids is 1. The number of carbonyl (C=O) groups is 3. The predicted molar refractivity (Wildman–Crippen MR) is 117 cm³/mol. The van der Waals surface area contributed by atoms with Crippen LogP contribution < -0.4 is 4.90 Å². The molecule has 3 aromatic rings. The molecule has 11 heteroatoms. The third-order valence-corrected chi connectivity index (χ3v) is 3.97. The third-order valence-electron chi connectivity index (χ3n) is 3.97. The number of fused-ring (bicyclic) bond motifs is 1. The van der Waals surface area contributed by atoms with Crippen LogP contribution in [0.3, 0.4) is 0 Å². The molecule has 0 fully saturated rings. The third kappa shape index (κ3) is 5.43. The number of furan rings is 1. The second-order valence-corrected chi connectivity index (χ2v) is 9.08. The monoisotopic (exact) mass is 456 g/mol. The van der Waals surface area contributed by atoms with Gasteiger partial charge in [-0.15, -0.1) is 4.90 Å². The minimum Gasteiger partial charge on any atom is -0.477 e. The summed E-state index contributed by atoms with van der Waals surface area (Å²) in [6.07, 6.45) is 3.56. The molecule has 0 bridgehead atoms. The highest BCUT2D eigenvalue weighted by atomic mass is 16.6. The number of carbonyl (C=O) groups excluding carboxylic acids is 2. The van der Waals surface area contributed by atoms with Crippen LogP contribution in [0.1, 0.15) is 51.9 Å². The molecular formula is C22H24N4O7. The first-order valence-electron chi connectivity index (χ1n) is 9.94. The molecule has 0 unspecified atom stereocenters. The van der Waals surface area contributed by atoms with Crippen LogP contribution in [0.5, 0.6) is 0 Å². The largest absolute Gasteiger partial charge is 0.477 e. The van der Waals surface area contributed by atoms with E-state index in [1.165, 1.54) is 18.6 Å². The first kappa shape index (κ1) is 23.6. The van der Waals surface area contributed by atoms with Crippen LogP contribution in [0.25, 0.3) is 22.2 Å². The summed E-state index contributed by atoms with van der Waals surface area (Å²) in [5, 5.41) is 9.87. The minimum atomic E-state index is -1.45. The molecular weight excluding hydrogens is 432 g/mol. The smallest absolute Gasteiger partial charge is 0.427 e. The van der Waals surface area contributed by atoms with Crippen LogP contribution in [0.4, 0.5) is 15.5 Å². The molecule has 0 aliphatic carbocycles. The van der Waals surface area contributed by atoms with E-state index in [4.69, 9.17) is 13.9 Å². The van der Waals surface area contributed by atoms with Crippen LogP contribution in [-0.2, 0) is 9.47 Å². The molecule has 0 saturated carbocycles. The predicted octanol–water partition coefficient (Wildman–Crippen LogP) is 4.66. The van der Waals surface area contributed by atoms with Crippen molar-refractivity contribution in [3.63, 3.8) is 0 Å². The van der Waals surface area contributed by atoms with Crippen molar-refractivity contribution >= 4 is 35.1 Å². The van der Waals surface area contributed by atoms with Crippen LogP contribution in [0.2, 0.25) is 0 Å². The zero-order valence-corrected chi connectivity index (χ0v) is 19.1. The number of carboxylic acid groups (broad SMARTS) is 1. The Bertz CT molecular complexity index is 1180. The lowest BCUT2D eigenvalue weighted by Crippen LogP contribution is -2.44. The van der Waals surface area contributed by atoms with Crippen molar-refractivity contribution in [3.8, 4) is 11.1 Å². The fourth-order valence-corrected chi connectivity index (χ4v) is 2.78. The van der Waals surface area contributed by atoms with Gasteiger partial charge in [0.2, 0.25) is 5.88 Å². The number of rotatable bonds is 3. The molecule has 0 aliphatic rings. The number of anilines is 1. The Morgan fingerprint density at radius 3 is 1.94 bits per heavy atom. The summed E-state index contributed by atoms with van der Waals surface area (Å²) < 4.78 is 16.3. The van der Waals surface area contributed by atoms with E-state index in [1.54, 1.807) is 53.9 Å². The summed E-state index contributed by atoms with van der Waals surface area (Å²) in [5.41, 5.74) is -1.33.